The maximum atomic E-state index is 14.6. The number of carbonyl (C=O) groups is 5. The fraction of sp³-hybridized carbons (Fsp3) is 0.464. The molecule has 4 atom stereocenters. The van der Waals surface area contributed by atoms with E-state index in [0.29, 0.717) is 29.4 Å². The molecule has 2 aliphatic rings. The van der Waals surface area contributed by atoms with Crippen LogP contribution in [0.5, 0.6) is 0 Å². The summed E-state index contributed by atoms with van der Waals surface area (Å²) in [6.07, 6.45) is -5.52. The number of nitrogens with two attached hydrogens (primary N) is 1. The van der Waals surface area contributed by atoms with E-state index in [9.17, 15) is 51.1 Å². The number of alkyl halides is 2. The Morgan fingerprint density at radius 3 is 2.42 bits per heavy atom. The number of ether oxygens (including phenoxy) is 2. The van der Waals surface area contributed by atoms with E-state index < -0.39 is 82.3 Å². The van der Waals surface area contributed by atoms with Gasteiger partial charge in [0, 0.05) is 25.7 Å². The number of nitrogen functional groups attached to an aromatic ring is 1. The van der Waals surface area contributed by atoms with E-state index in [4.69, 9.17) is 24.6 Å². The molecule has 0 aliphatic carbocycles. The van der Waals surface area contributed by atoms with E-state index in [1.165, 1.54) is 24.3 Å². The minimum Gasteiger partial charge on any atom is -0.447 e. The number of nitrogens with zero attached hydrogens (tertiary/aromatic N) is 3. The molecule has 2 fully saturated rings. The van der Waals surface area contributed by atoms with Gasteiger partial charge in [-0.1, -0.05) is 18.6 Å². The maximum absolute atomic E-state index is 14.6. The first-order valence-electron chi connectivity index (χ1n) is 14.9. The Morgan fingerprint density at radius 2 is 1.78 bits per heavy atom. The largest absolute Gasteiger partial charge is 0.447 e. The van der Waals surface area contributed by atoms with E-state index in [1.54, 1.807) is 0 Å². The van der Waals surface area contributed by atoms with Crippen LogP contribution in [-0.4, -0.2) is 99.0 Å². The number of unbranched alkanes of at least 4 members (excludes halogenated alkanes) is 2. The summed E-state index contributed by atoms with van der Waals surface area (Å²) in [5, 5.41) is 13.0. The smallest absolute Gasteiger partial charge is 0.407 e. The van der Waals surface area contributed by atoms with Crippen molar-refractivity contribution < 1.29 is 65.1 Å². The van der Waals surface area contributed by atoms with Gasteiger partial charge in [0.1, 0.15) is 18.5 Å². The minimum atomic E-state index is -4.86. The predicted molar refractivity (Wildman–Crippen MR) is 161 cm³/mol. The van der Waals surface area contributed by atoms with Crippen LogP contribution in [0.25, 0.3) is 0 Å². The zero-order valence-electron chi connectivity index (χ0n) is 25.9. The molecule has 0 radical (unpaired) electrons. The molecule has 2 aromatic rings. The second-order valence-electron chi connectivity index (χ2n) is 11.1. The summed E-state index contributed by atoms with van der Waals surface area (Å²) in [6, 6.07) is 6.64. The summed E-state index contributed by atoms with van der Waals surface area (Å²) < 4.78 is 71.1. The molecule has 0 saturated carbocycles. The third-order valence-electron chi connectivity index (χ3n) is 7.49. The van der Waals surface area contributed by atoms with Crippen molar-refractivity contribution in [3.63, 3.8) is 0 Å². The van der Waals surface area contributed by atoms with Crippen molar-refractivity contribution in [2.75, 3.05) is 18.9 Å². The first-order valence-corrected chi connectivity index (χ1v) is 16.4. The second-order valence-corrected chi connectivity index (χ2v) is 12.7. The fourth-order valence-electron chi connectivity index (χ4n) is 4.79. The number of hydrogen-bond donors (Lipinski definition) is 5. The molecule has 3 heterocycles. The number of aliphatic hydroxyl groups excluding tert-OH is 1. The first-order chi connectivity index (χ1) is 23.5. The summed E-state index contributed by atoms with van der Waals surface area (Å²) in [5.74, 6) is -8.02. The van der Waals surface area contributed by atoms with Gasteiger partial charge in [-0.25, -0.2) is 14.4 Å². The van der Waals surface area contributed by atoms with E-state index >= 15 is 0 Å². The van der Waals surface area contributed by atoms with Crippen molar-refractivity contribution >= 4 is 45.7 Å². The van der Waals surface area contributed by atoms with E-state index in [2.05, 4.69) is 15.6 Å². The number of rotatable bonds is 14. The fourth-order valence-corrected chi connectivity index (χ4v) is 5.50. The van der Waals surface area contributed by atoms with Gasteiger partial charge in [0.25, 0.3) is 21.9 Å². The van der Waals surface area contributed by atoms with Gasteiger partial charge in [-0.2, -0.15) is 22.2 Å². The average Bonchev–Trinajstić information content (AvgIpc) is 3.46. The molecule has 4 rings (SSSR count). The summed E-state index contributed by atoms with van der Waals surface area (Å²) in [7, 11) is -4.86. The lowest BCUT2D eigenvalue weighted by atomic mass is 10.1. The lowest BCUT2D eigenvalue weighted by molar-refractivity contribution is -0.172. The number of anilines is 1. The van der Waals surface area contributed by atoms with Gasteiger partial charge in [0.15, 0.2) is 11.4 Å². The third-order valence-corrected chi connectivity index (χ3v) is 8.57. The van der Waals surface area contributed by atoms with Crippen molar-refractivity contribution in [2.45, 2.75) is 68.3 Å². The molecule has 0 spiro atoms. The zero-order valence-corrected chi connectivity index (χ0v) is 26.7. The van der Waals surface area contributed by atoms with E-state index in [0.717, 1.165) is 12.3 Å². The number of aromatic nitrogens is 2. The van der Waals surface area contributed by atoms with E-state index in [-0.39, 0.29) is 41.9 Å². The maximum Gasteiger partial charge on any atom is 0.407 e. The molecule has 1 aromatic heterocycles. The van der Waals surface area contributed by atoms with Crippen LogP contribution in [0.4, 0.5) is 19.4 Å². The molecule has 19 nitrogen and oxygen atoms in total. The quantitative estimate of drug-likeness (QED) is 0.0923. The van der Waals surface area contributed by atoms with Crippen molar-refractivity contribution in [2.24, 2.45) is 0 Å². The Bertz CT molecular complexity index is 1790. The van der Waals surface area contributed by atoms with Gasteiger partial charge in [0.05, 0.1) is 12.0 Å². The SMILES string of the molecule is Nc1ccn([C@@H]2O[C@H](COC(=O)NCCCCCC(=O)NCc3ccc(C(=O)ON4C(=O)CC(S(=O)(=O)O)C4=O)cc3)[C@@H](O)C2(F)F)c(=O)n1. The minimum absolute atomic E-state index is 0.00994. The van der Waals surface area contributed by atoms with Crippen LogP contribution in [0.15, 0.2) is 41.3 Å². The molecule has 0 bridgehead atoms. The van der Waals surface area contributed by atoms with Crippen molar-refractivity contribution in [1.29, 1.82) is 0 Å². The molecular weight excluding hydrogens is 698 g/mol. The van der Waals surface area contributed by atoms with Crippen molar-refractivity contribution in [3.05, 3.63) is 58.1 Å². The average molecular weight is 731 g/mol. The van der Waals surface area contributed by atoms with Gasteiger partial charge in [0.2, 0.25) is 12.1 Å². The van der Waals surface area contributed by atoms with Crippen LogP contribution in [0.2, 0.25) is 0 Å². The highest BCUT2D eigenvalue weighted by Crippen LogP contribution is 2.42. The molecular formula is C28H32F2N6O13S. The highest BCUT2D eigenvalue weighted by atomic mass is 32.2. The molecule has 1 unspecified atom stereocenters. The molecule has 2 saturated heterocycles. The summed E-state index contributed by atoms with van der Waals surface area (Å²) >= 11 is 0. The van der Waals surface area contributed by atoms with Gasteiger partial charge in [-0.05, 0) is 36.6 Å². The topological polar surface area (TPSA) is 276 Å². The number of nitrogens with one attached hydrogen (secondary N) is 2. The molecule has 4 amide bonds. The van der Waals surface area contributed by atoms with Gasteiger partial charge in [-0.15, -0.1) is 5.06 Å². The highest BCUT2D eigenvalue weighted by Gasteiger charge is 2.60. The van der Waals surface area contributed by atoms with Crippen LogP contribution in [0.3, 0.4) is 0 Å². The molecule has 1 aromatic carbocycles. The number of alkyl carbamates (subject to hydrolysis) is 1. The Hall–Kier alpha value is -5.06. The Labute approximate surface area is 281 Å². The summed E-state index contributed by atoms with van der Waals surface area (Å²) in [5.41, 5.74) is 4.75. The highest BCUT2D eigenvalue weighted by molar-refractivity contribution is 7.87. The van der Waals surface area contributed by atoms with Crippen molar-refractivity contribution in [1.82, 2.24) is 25.2 Å². The van der Waals surface area contributed by atoms with Gasteiger partial charge in [-0.3, -0.25) is 23.5 Å². The molecule has 272 valence electrons. The van der Waals surface area contributed by atoms with Crippen LogP contribution in [0, 0.1) is 0 Å². The number of hydroxylamine groups is 2. The van der Waals surface area contributed by atoms with E-state index in [1.807, 2.05) is 0 Å². The number of hydrogen-bond acceptors (Lipinski definition) is 14. The Balaban J connectivity index is 1.09. The lowest BCUT2D eigenvalue weighted by Crippen LogP contribution is -2.42. The number of amides is 4. The molecule has 22 heteroatoms. The monoisotopic (exact) mass is 730 g/mol. The van der Waals surface area contributed by atoms with Crippen LogP contribution >= 0.6 is 0 Å². The Morgan fingerprint density at radius 1 is 1.08 bits per heavy atom. The standard InChI is InChI=1S/C28H32F2N6O13S/c29-28(30)22(39)17(48-25(28)35-11-9-19(31)34-26(35)42)14-47-27(43)32-10-3-1-2-4-20(37)33-13-15-5-7-16(8-6-15)24(41)49-36-21(38)12-18(23(36)40)50(44,45)46/h5-9,11,17-18,22,25,39H,1-4,10,12-14H2,(H,32,43)(H,33,37)(H2,31,34,42)(H,44,45,46)/t17-,18?,22-,25-/m1/s1. The number of benzene rings is 1. The number of halogens is 2. The summed E-state index contributed by atoms with van der Waals surface area (Å²) in [4.78, 5) is 80.4. The number of carbonyl (C=O) groups excluding carboxylic acids is 5. The molecule has 50 heavy (non-hydrogen) atoms. The predicted octanol–water partition coefficient (Wildman–Crippen LogP) is -0.591. The molecule has 6 N–H and O–H groups in total. The second kappa shape index (κ2) is 15.7. The third kappa shape index (κ3) is 9.13. The summed E-state index contributed by atoms with van der Waals surface area (Å²) in [6.45, 7) is -0.500. The van der Waals surface area contributed by atoms with Crippen LogP contribution < -0.4 is 22.1 Å². The van der Waals surface area contributed by atoms with Crippen LogP contribution in [0.1, 0.15) is 54.3 Å². The van der Waals surface area contributed by atoms with Gasteiger partial charge < -0.3 is 35.8 Å². The first kappa shape index (κ1) is 37.8. The normalized spacial score (nSPS) is 21.6. The lowest BCUT2D eigenvalue weighted by Gasteiger charge is -2.20. The van der Waals surface area contributed by atoms with Crippen LogP contribution in [-0.2, 0) is 45.4 Å². The van der Waals surface area contributed by atoms with Crippen molar-refractivity contribution in [3.8, 4) is 0 Å². The zero-order chi connectivity index (χ0) is 36.8. The molecule has 2 aliphatic heterocycles. The van der Waals surface area contributed by atoms with Gasteiger partial charge >= 0.3 is 23.7 Å². The number of imide groups is 1. The number of aliphatic hydroxyl groups is 1. The Kier molecular flexibility index (Phi) is 11.8.